The first-order valence-electron chi connectivity index (χ1n) is 6.43. The lowest BCUT2D eigenvalue weighted by molar-refractivity contribution is -0.386. The van der Waals surface area contributed by atoms with Crippen molar-refractivity contribution in [3.05, 3.63) is 44.3 Å². The number of carbonyl (C=O) groups excluding carboxylic acids is 1. The van der Waals surface area contributed by atoms with E-state index in [0.717, 1.165) is 4.47 Å². The van der Waals surface area contributed by atoms with Crippen molar-refractivity contribution in [1.29, 1.82) is 0 Å². The van der Waals surface area contributed by atoms with Crippen LogP contribution in [0, 0.1) is 24.0 Å². The van der Waals surface area contributed by atoms with Crippen molar-refractivity contribution in [2.45, 2.75) is 26.8 Å². The Hall–Kier alpha value is -2.29. The number of anilines is 1. The molecule has 1 amide bonds. The van der Waals surface area contributed by atoms with Gasteiger partial charge in [-0.1, -0.05) is 0 Å². The molecule has 0 radical (unpaired) electrons. The van der Waals surface area contributed by atoms with Crippen LogP contribution in [0.5, 0.6) is 0 Å². The zero-order chi connectivity index (χ0) is 16.4. The molecular formula is C13H14BrN5O3. The third-order valence-electron chi connectivity index (χ3n) is 3.19. The van der Waals surface area contributed by atoms with Crippen LogP contribution in [0.25, 0.3) is 0 Å². The molecule has 0 fully saturated rings. The van der Waals surface area contributed by atoms with E-state index >= 15 is 0 Å². The fraction of sp³-hybridized carbons (Fsp3) is 0.308. The molecule has 0 saturated carbocycles. The summed E-state index contributed by atoms with van der Waals surface area (Å²) in [5, 5.41) is 17.8. The summed E-state index contributed by atoms with van der Waals surface area (Å²) in [6.45, 7) is 4.74. The van der Waals surface area contributed by atoms with Gasteiger partial charge in [-0.3, -0.25) is 19.6 Å². The number of aryl methyl sites for hydroxylation is 1. The number of carbonyl (C=O) groups is 1. The van der Waals surface area contributed by atoms with Gasteiger partial charge in [-0.25, -0.2) is 4.98 Å². The van der Waals surface area contributed by atoms with E-state index in [9.17, 15) is 14.9 Å². The van der Waals surface area contributed by atoms with Crippen molar-refractivity contribution in [3.63, 3.8) is 0 Å². The molecule has 0 bridgehead atoms. The highest BCUT2D eigenvalue weighted by atomic mass is 79.9. The monoisotopic (exact) mass is 367 g/mol. The van der Waals surface area contributed by atoms with E-state index in [-0.39, 0.29) is 17.3 Å². The van der Waals surface area contributed by atoms with Gasteiger partial charge in [0.15, 0.2) is 0 Å². The van der Waals surface area contributed by atoms with Crippen LogP contribution in [-0.4, -0.2) is 25.6 Å². The molecule has 1 atom stereocenters. The number of aromatic nitrogens is 3. The van der Waals surface area contributed by atoms with E-state index in [2.05, 4.69) is 31.3 Å². The zero-order valence-electron chi connectivity index (χ0n) is 12.2. The Kier molecular flexibility index (Phi) is 4.55. The van der Waals surface area contributed by atoms with Gasteiger partial charge in [0.1, 0.15) is 23.2 Å². The molecule has 9 heteroatoms. The lowest BCUT2D eigenvalue weighted by atomic mass is 10.3. The van der Waals surface area contributed by atoms with Crippen molar-refractivity contribution in [3.8, 4) is 0 Å². The standard InChI is InChI=1S/C13H14BrN5O3/c1-7-12(19(21)22)8(2)18(17-7)9(3)13(20)16-11-5-4-10(14)6-15-11/h4-6,9H,1-3H3,(H,15,16,20). The van der Waals surface area contributed by atoms with Crippen LogP contribution in [-0.2, 0) is 4.79 Å². The van der Waals surface area contributed by atoms with Gasteiger partial charge in [-0.2, -0.15) is 5.10 Å². The molecule has 1 N–H and O–H groups in total. The predicted molar refractivity (Wildman–Crippen MR) is 83.6 cm³/mol. The van der Waals surface area contributed by atoms with Crippen LogP contribution in [0.2, 0.25) is 0 Å². The summed E-state index contributed by atoms with van der Waals surface area (Å²) in [6, 6.07) is 2.71. The zero-order valence-corrected chi connectivity index (χ0v) is 13.8. The number of halogens is 1. The smallest absolute Gasteiger partial charge is 0.309 e. The Labute approximate surface area is 134 Å². The molecule has 2 aromatic rings. The van der Waals surface area contributed by atoms with Crippen LogP contribution in [0.15, 0.2) is 22.8 Å². The van der Waals surface area contributed by atoms with Gasteiger partial charge in [-0.15, -0.1) is 0 Å². The molecule has 116 valence electrons. The highest BCUT2D eigenvalue weighted by Crippen LogP contribution is 2.25. The van der Waals surface area contributed by atoms with Gasteiger partial charge in [-0.05, 0) is 48.8 Å². The first-order chi connectivity index (χ1) is 10.3. The molecule has 0 aliphatic rings. The average molecular weight is 368 g/mol. The molecule has 0 aliphatic heterocycles. The quantitative estimate of drug-likeness (QED) is 0.660. The molecule has 2 heterocycles. The summed E-state index contributed by atoms with van der Waals surface area (Å²) in [4.78, 5) is 26.8. The lowest BCUT2D eigenvalue weighted by Crippen LogP contribution is -2.25. The molecule has 1 unspecified atom stereocenters. The lowest BCUT2D eigenvalue weighted by Gasteiger charge is -2.13. The van der Waals surface area contributed by atoms with E-state index < -0.39 is 11.0 Å². The van der Waals surface area contributed by atoms with Crippen molar-refractivity contribution in [1.82, 2.24) is 14.8 Å². The van der Waals surface area contributed by atoms with Gasteiger partial charge in [0.05, 0.1) is 4.92 Å². The SMILES string of the molecule is Cc1nn(C(C)C(=O)Nc2ccc(Br)cn2)c(C)c1[N+](=O)[O-]. The first-order valence-corrected chi connectivity index (χ1v) is 7.23. The Balaban J connectivity index is 2.22. The maximum Gasteiger partial charge on any atom is 0.312 e. The minimum Gasteiger partial charge on any atom is -0.309 e. The average Bonchev–Trinajstić information content (AvgIpc) is 2.75. The first kappa shape index (κ1) is 16.1. The number of rotatable bonds is 4. The number of amides is 1. The molecule has 2 aromatic heterocycles. The van der Waals surface area contributed by atoms with Gasteiger partial charge in [0.25, 0.3) is 0 Å². The summed E-state index contributed by atoms with van der Waals surface area (Å²) in [6.07, 6.45) is 1.56. The summed E-state index contributed by atoms with van der Waals surface area (Å²) < 4.78 is 2.15. The molecular weight excluding hydrogens is 354 g/mol. The highest BCUT2D eigenvalue weighted by molar-refractivity contribution is 9.10. The normalized spacial score (nSPS) is 12.0. The Morgan fingerprint density at radius 1 is 1.45 bits per heavy atom. The fourth-order valence-corrected chi connectivity index (χ4v) is 2.32. The Morgan fingerprint density at radius 2 is 2.14 bits per heavy atom. The van der Waals surface area contributed by atoms with Crippen molar-refractivity contribution in [2.24, 2.45) is 0 Å². The predicted octanol–water partition coefficient (Wildman–Crippen LogP) is 2.77. The van der Waals surface area contributed by atoms with E-state index in [4.69, 9.17) is 0 Å². The molecule has 2 rings (SSSR count). The number of nitrogens with zero attached hydrogens (tertiary/aromatic N) is 4. The molecule has 0 spiro atoms. The van der Waals surface area contributed by atoms with Crippen molar-refractivity contribution < 1.29 is 9.72 Å². The number of nitro groups is 1. The third kappa shape index (κ3) is 3.14. The highest BCUT2D eigenvalue weighted by Gasteiger charge is 2.27. The maximum atomic E-state index is 12.2. The van der Waals surface area contributed by atoms with Gasteiger partial charge < -0.3 is 5.32 Å². The summed E-state index contributed by atoms with van der Waals surface area (Å²) in [7, 11) is 0. The molecule has 0 aliphatic carbocycles. The summed E-state index contributed by atoms with van der Waals surface area (Å²) in [5.41, 5.74) is 0.555. The van der Waals surface area contributed by atoms with Gasteiger partial charge >= 0.3 is 5.69 Å². The fourth-order valence-electron chi connectivity index (χ4n) is 2.09. The number of pyridine rings is 1. The van der Waals surface area contributed by atoms with Crippen LogP contribution in [0.3, 0.4) is 0 Å². The van der Waals surface area contributed by atoms with E-state index in [1.165, 1.54) is 4.68 Å². The number of hydrogen-bond acceptors (Lipinski definition) is 5. The molecule has 22 heavy (non-hydrogen) atoms. The van der Waals surface area contributed by atoms with Gasteiger partial charge in [0, 0.05) is 10.7 Å². The van der Waals surface area contributed by atoms with Crippen molar-refractivity contribution >= 4 is 33.3 Å². The Bertz CT molecular complexity index is 726. The number of hydrogen-bond donors (Lipinski definition) is 1. The van der Waals surface area contributed by atoms with Crippen LogP contribution in [0.1, 0.15) is 24.4 Å². The summed E-state index contributed by atoms with van der Waals surface area (Å²) >= 11 is 3.26. The number of nitrogens with one attached hydrogen (secondary N) is 1. The van der Waals surface area contributed by atoms with Gasteiger partial charge in [0.2, 0.25) is 5.91 Å². The third-order valence-corrected chi connectivity index (χ3v) is 3.66. The topological polar surface area (TPSA) is 103 Å². The van der Waals surface area contributed by atoms with E-state index in [1.54, 1.807) is 39.1 Å². The molecule has 8 nitrogen and oxygen atoms in total. The molecule has 0 saturated heterocycles. The molecule has 0 aromatic carbocycles. The van der Waals surface area contributed by atoms with E-state index in [1.807, 2.05) is 0 Å². The maximum absolute atomic E-state index is 12.2. The largest absolute Gasteiger partial charge is 0.312 e. The second-order valence-corrected chi connectivity index (χ2v) is 5.66. The second-order valence-electron chi connectivity index (χ2n) is 4.75. The van der Waals surface area contributed by atoms with Crippen LogP contribution >= 0.6 is 15.9 Å². The van der Waals surface area contributed by atoms with Crippen molar-refractivity contribution in [2.75, 3.05) is 5.32 Å². The summed E-state index contributed by atoms with van der Waals surface area (Å²) in [5.74, 6) is 0.0476. The second kappa shape index (κ2) is 6.22. The minimum atomic E-state index is -0.696. The Morgan fingerprint density at radius 3 is 2.64 bits per heavy atom. The minimum absolute atomic E-state index is 0.0681. The van der Waals surface area contributed by atoms with E-state index in [0.29, 0.717) is 11.5 Å². The van der Waals surface area contributed by atoms with Crippen LogP contribution < -0.4 is 5.32 Å². The van der Waals surface area contributed by atoms with Crippen LogP contribution in [0.4, 0.5) is 11.5 Å².